The first-order valence-corrected chi connectivity index (χ1v) is 17.8. The van der Waals surface area contributed by atoms with Crippen LogP contribution in [0.25, 0.3) is 100 Å². The Morgan fingerprint density at radius 2 is 1.00 bits per heavy atom. The number of fused-ring (bicyclic) bond motifs is 9. The molecule has 7 aromatic carbocycles. The van der Waals surface area contributed by atoms with Gasteiger partial charge in [0, 0.05) is 37.8 Å². The first-order chi connectivity index (χ1) is 25.3. The number of nitrogens with zero attached hydrogens (tertiary/aromatic N) is 2. The zero-order chi connectivity index (χ0) is 33.5. The maximum absolute atomic E-state index is 6.84. The fraction of sp³-hybridized carbons (Fsp3) is 0.0417. The highest BCUT2D eigenvalue weighted by Crippen LogP contribution is 2.40. The Balaban J connectivity index is 1.18. The highest BCUT2D eigenvalue weighted by Gasteiger charge is 2.21. The second-order valence-electron chi connectivity index (χ2n) is 13.6. The lowest BCUT2D eigenvalue weighted by atomic mass is 9.98. The van der Waals surface area contributed by atoms with Gasteiger partial charge in [-0.15, -0.1) is 0 Å². The van der Waals surface area contributed by atoms with E-state index in [1.54, 1.807) is 0 Å². The van der Waals surface area contributed by atoms with E-state index in [9.17, 15) is 0 Å². The number of hydrogen-bond donors (Lipinski definition) is 0. The number of rotatable bonds is 4. The molecule has 240 valence electrons. The van der Waals surface area contributed by atoms with E-state index in [-0.39, 0.29) is 0 Å². The Bertz CT molecular complexity index is 3120. The van der Waals surface area contributed by atoms with Crippen LogP contribution in [0.3, 0.4) is 0 Å². The molecule has 0 aliphatic heterocycles. The van der Waals surface area contributed by atoms with Gasteiger partial charge in [-0.1, -0.05) is 121 Å². The molecule has 0 saturated carbocycles. The van der Waals surface area contributed by atoms with Crippen LogP contribution in [-0.2, 0) is 0 Å². The summed E-state index contributed by atoms with van der Waals surface area (Å²) < 4.78 is 11.6. The summed E-state index contributed by atoms with van der Waals surface area (Å²) in [6.07, 6.45) is 6.62. The van der Waals surface area contributed by atoms with E-state index in [0.29, 0.717) is 0 Å². The summed E-state index contributed by atoms with van der Waals surface area (Å²) in [5.41, 5.74) is 13.6. The van der Waals surface area contributed by atoms with Gasteiger partial charge in [0.2, 0.25) is 0 Å². The van der Waals surface area contributed by atoms with Gasteiger partial charge in [0.25, 0.3) is 0 Å². The number of furan rings is 1. The summed E-state index contributed by atoms with van der Waals surface area (Å²) in [7, 11) is 0. The third-order valence-corrected chi connectivity index (χ3v) is 10.7. The van der Waals surface area contributed by atoms with Crippen LogP contribution in [0, 0.1) is 0 Å². The third-order valence-electron chi connectivity index (χ3n) is 10.7. The average molecular weight is 653 g/mol. The van der Waals surface area contributed by atoms with E-state index in [1.165, 1.54) is 71.0 Å². The minimum Gasteiger partial charge on any atom is -0.454 e. The molecule has 3 nitrogen and oxygen atoms in total. The van der Waals surface area contributed by atoms with E-state index in [1.807, 2.05) is 0 Å². The largest absolute Gasteiger partial charge is 0.454 e. The summed E-state index contributed by atoms with van der Waals surface area (Å²) in [5.74, 6) is 0. The number of aromatic nitrogens is 2. The molecule has 0 spiro atoms. The van der Waals surface area contributed by atoms with Crippen LogP contribution in [0.4, 0.5) is 0 Å². The third kappa shape index (κ3) is 4.18. The van der Waals surface area contributed by atoms with Crippen molar-refractivity contribution < 1.29 is 4.42 Å². The Hall–Kier alpha value is -6.58. The summed E-state index contributed by atoms with van der Waals surface area (Å²) >= 11 is 0. The molecule has 0 atom stereocenters. The Morgan fingerprint density at radius 1 is 0.431 bits per heavy atom. The first kappa shape index (κ1) is 28.3. The molecule has 0 bridgehead atoms. The van der Waals surface area contributed by atoms with Gasteiger partial charge in [-0.25, -0.2) is 0 Å². The fourth-order valence-corrected chi connectivity index (χ4v) is 8.48. The molecule has 3 aromatic heterocycles. The first-order valence-electron chi connectivity index (χ1n) is 17.8. The molecule has 0 fully saturated rings. The van der Waals surface area contributed by atoms with E-state index < -0.39 is 0 Å². The molecule has 3 heteroatoms. The van der Waals surface area contributed by atoms with E-state index in [0.717, 1.165) is 40.7 Å². The zero-order valence-electron chi connectivity index (χ0n) is 27.9. The van der Waals surface area contributed by atoms with Gasteiger partial charge in [0.1, 0.15) is 5.42 Å². The molecular weight excluding hydrogens is 621 g/mol. The number of hydrogen-bond acceptors (Lipinski definition) is 1. The molecule has 0 amide bonds. The van der Waals surface area contributed by atoms with Gasteiger partial charge in [-0.2, -0.15) is 0 Å². The van der Waals surface area contributed by atoms with Gasteiger partial charge < -0.3 is 13.6 Å². The molecule has 0 radical (unpaired) electrons. The highest BCUT2D eigenvalue weighted by atomic mass is 16.3. The highest BCUT2D eigenvalue weighted by molar-refractivity contribution is 6.13. The average Bonchev–Trinajstić information content (AvgIpc) is 3.86. The molecule has 0 unspecified atom stereocenters. The Labute approximate surface area is 294 Å². The van der Waals surface area contributed by atoms with E-state index >= 15 is 0 Å². The monoisotopic (exact) mass is 652 g/mol. The van der Waals surface area contributed by atoms with Crippen LogP contribution in [0.2, 0.25) is 0 Å². The van der Waals surface area contributed by atoms with Crippen molar-refractivity contribution in [2.45, 2.75) is 12.8 Å². The fourth-order valence-electron chi connectivity index (χ4n) is 8.48. The van der Waals surface area contributed by atoms with Crippen LogP contribution in [0.15, 0.2) is 162 Å². The molecule has 11 rings (SSSR count). The van der Waals surface area contributed by atoms with Crippen molar-refractivity contribution in [2.24, 2.45) is 0 Å². The van der Waals surface area contributed by atoms with E-state index in [2.05, 4.69) is 179 Å². The SMILES string of the molecule is C1=c2oc3c(-n4c5ccccc5c5ccc(-c6ccc7c8ccccc8n(-c8ccccc8)c7c6)cc54)ccc(-c4ccccc4)c3c2=CCC1. The predicted molar refractivity (Wildman–Crippen MR) is 213 cm³/mol. The van der Waals surface area contributed by atoms with Crippen molar-refractivity contribution in [3.05, 3.63) is 168 Å². The minimum atomic E-state index is 0.928. The predicted octanol–water partition coefficient (Wildman–Crippen LogP) is 11.3. The van der Waals surface area contributed by atoms with Gasteiger partial charge in [-0.05, 0) is 83.6 Å². The van der Waals surface area contributed by atoms with Gasteiger partial charge in [0.05, 0.1) is 27.8 Å². The second-order valence-corrected chi connectivity index (χ2v) is 13.6. The quantitative estimate of drug-likeness (QED) is 0.186. The molecule has 10 aromatic rings. The van der Waals surface area contributed by atoms with Crippen LogP contribution < -0.4 is 10.6 Å². The minimum absolute atomic E-state index is 0.928. The topological polar surface area (TPSA) is 23.0 Å². The van der Waals surface area contributed by atoms with Crippen molar-refractivity contribution >= 4 is 66.7 Å². The normalized spacial score (nSPS) is 12.9. The molecule has 51 heavy (non-hydrogen) atoms. The lowest BCUT2D eigenvalue weighted by molar-refractivity contribution is 0.570. The summed E-state index contributed by atoms with van der Waals surface area (Å²) in [4.78, 5) is 0. The van der Waals surface area contributed by atoms with Gasteiger partial charge in [0.15, 0.2) is 5.58 Å². The smallest absolute Gasteiger partial charge is 0.160 e. The van der Waals surface area contributed by atoms with Crippen molar-refractivity contribution in [2.75, 3.05) is 0 Å². The van der Waals surface area contributed by atoms with Crippen LogP contribution >= 0.6 is 0 Å². The summed E-state index contributed by atoms with van der Waals surface area (Å²) in [5, 5.41) is 7.37. The summed E-state index contributed by atoms with van der Waals surface area (Å²) in [6.45, 7) is 0. The summed E-state index contributed by atoms with van der Waals surface area (Å²) in [6, 6.07) is 57.2. The van der Waals surface area contributed by atoms with Crippen molar-refractivity contribution in [3.63, 3.8) is 0 Å². The number of para-hydroxylation sites is 3. The Kier molecular flexibility index (Phi) is 6.08. The lowest BCUT2D eigenvalue weighted by Crippen LogP contribution is -2.22. The van der Waals surface area contributed by atoms with E-state index in [4.69, 9.17) is 4.42 Å². The second kappa shape index (κ2) is 11.0. The standard InChI is InChI=1S/C48H32N2O/c1-3-13-31(14-4-1)35-27-28-43(48-47(35)40-19-9-12-22-46(40)51-48)50-42-21-11-8-18-37(42)39-26-24-33(30-45(39)50)32-23-25-38-36-17-7-10-20-41(36)49(44(38)29-32)34-15-5-2-6-16-34/h1-8,10-11,13-30H,9,12H2. The van der Waals surface area contributed by atoms with Crippen molar-refractivity contribution in [1.82, 2.24) is 9.13 Å². The van der Waals surface area contributed by atoms with Crippen molar-refractivity contribution in [1.29, 1.82) is 0 Å². The maximum Gasteiger partial charge on any atom is 0.160 e. The molecule has 1 aliphatic rings. The Morgan fingerprint density at radius 3 is 1.71 bits per heavy atom. The lowest BCUT2D eigenvalue weighted by Gasteiger charge is -2.12. The molecule has 0 saturated heterocycles. The maximum atomic E-state index is 6.84. The van der Waals surface area contributed by atoms with Crippen LogP contribution in [0.5, 0.6) is 0 Å². The number of benzene rings is 7. The zero-order valence-corrected chi connectivity index (χ0v) is 27.9. The molecule has 3 heterocycles. The molecule has 0 N–H and O–H groups in total. The van der Waals surface area contributed by atoms with Crippen LogP contribution in [0.1, 0.15) is 12.8 Å². The van der Waals surface area contributed by atoms with Crippen LogP contribution in [-0.4, -0.2) is 9.13 Å². The van der Waals surface area contributed by atoms with Crippen molar-refractivity contribution in [3.8, 4) is 33.6 Å². The van der Waals surface area contributed by atoms with Gasteiger partial charge >= 0.3 is 0 Å². The molecular formula is C48H32N2O. The van der Waals surface area contributed by atoms with Gasteiger partial charge in [-0.3, -0.25) is 0 Å². The molecule has 1 aliphatic carbocycles.